The molecule has 1 aliphatic carbocycles. The van der Waals surface area contributed by atoms with E-state index in [0.29, 0.717) is 24.3 Å². The molecule has 1 fully saturated rings. The van der Waals surface area contributed by atoms with Crippen LogP contribution in [0.2, 0.25) is 0 Å². The molecule has 1 aromatic carbocycles. The van der Waals surface area contributed by atoms with Gasteiger partial charge in [0.05, 0.1) is 18.0 Å². The van der Waals surface area contributed by atoms with Crippen molar-refractivity contribution in [2.75, 3.05) is 22.8 Å². The lowest BCUT2D eigenvalue weighted by Crippen LogP contribution is -2.30. The number of nitrogens with one attached hydrogen (secondary N) is 1. The monoisotopic (exact) mass is 459 g/mol. The average molecular weight is 460 g/mol. The van der Waals surface area contributed by atoms with Crippen LogP contribution in [-0.4, -0.2) is 54.3 Å². The Morgan fingerprint density at radius 3 is 2.47 bits per heavy atom. The summed E-state index contributed by atoms with van der Waals surface area (Å²) in [7, 11) is -4.08. The van der Waals surface area contributed by atoms with Gasteiger partial charge in [-0.25, -0.2) is 8.42 Å². The number of aliphatic carboxylic acids is 1. The van der Waals surface area contributed by atoms with Crippen molar-refractivity contribution in [3.8, 4) is 5.75 Å². The molecule has 0 spiro atoms. The van der Waals surface area contributed by atoms with Crippen molar-refractivity contribution in [1.29, 1.82) is 0 Å². The van der Waals surface area contributed by atoms with Crippen molar-refractivity contribution >= 4 is 44.5 Å². The molecule has 0 heterocycles. The number of carboxylic acids is 1. The second-order valence-corrected chi connectivity index (χ2v) is 10.6. The van der Waals surface area contributed by atoms with Crippen molar-refractivity contribution in [1.82, 2.24) is 0 Å². The van der Waals surface area contributed by atoms with Crippen LogP contribution in [0.15, 0.2) is 18.2 Å². The topological polar surface area (TPSA) is 136 Å². The quantitative estimate of drug-likeness (QED) is 0.506. The summed E-state index contributed by atoms with van der Waals surface area (Å²) < 4.78 is 37.8. The van der Waals surface area contributed by atoms with Gasteiger partial charge in [-0.15, -0.1) is 0 Å². The molecule has 30 heavy (non-hydrogen) atoms. The molecule has 0 saturated heterocycles. The normalized spacial score (nSPS) is 14.1. The molecule has 0 aromatic heterocycles. The van der Waals surface area contributed by atoms with Gasteiger partial charge in [-0.3, -0.25) is 19.1 Å². The molecular formula is C19H25NO8S2. The molecule has 0 aliphatic heterocycles. The maximum Gasteiger partial charge on any atom is 0.323 e. The third kappa shape index (κ3) is 8.62. The lowest BCUT2D eigenvalue weighted by molar-refractivity contribution is -0.151. The molecule has 166 valence electrons. The van der Waals surface area contributed by atoms with E-state index < -0.39 is 38.4 Å². The van der Waals surface area contributed by atoms with E-state index in [1.807, 2.05) is 0 Å². The Morgan fingerprint density at radius 1 is 1.23 bits per heavy atom. The number of carbonyl (C=O) groups excluding carboxylic acids is 2. The van der Waals surface area contributed by atoms with Crippen LogP contribution in [0.4, 0.5) is 5.69 Å². The van der Waals surface area contributed by atoms with Gasteiger partial charge in [0, 0.05) is 5.56 Å². The van der Waals surface area contributed by atoms with Crippen molar-refractivity contribution in [3.05, 3.63) is 23.8 Å². The van der Waals surface area contributed by atoms with Gasteiger partial charge in [-0.05, 0) is 57.7 Å². The van der Waals surface area contributed by atoms with Crippen molar-refractivity contribution in [3.63, 3.8) is 0 Å². The summed E-state index contributed by atoms with van der Waals surface area (Å²) in [6.45, 7) is 5.26. The molecule has 0 radical (unpaired) electrons. The number of benzene rings is 1. The van der Waals surface area contributed by atoms with Crippen LogP contribution in [0.1, 0.15) is 44.0 Å². The van der Waals surface area contributed by atoms with Crippen molar-refractivity contribution in [2.24, 2.45) is 5.92 Å². The Hall–Kier alpha value is -2.27. The van der Waals surface area contributed by atoms with Crippen molar-refractivity contribution in [2.45, 2.75) is 39.2 Å². The molecule has 2 rings (SSSR count). The second kappa shape index (κ2) is 9.69. The number of carboxylic acid groups (broad SMARTS) is 1. The van der Waals surface area contributed by atoms with Crippen LogP contribution < -0.4 is 9.46 Å². The first-order valence-corrected chi connectivity index (χ1v) is 11.9. The number of thioether (sulfide) groups is 1. The van der Waals surface area contributed by atoms with Crippen LogP contribution in [0.5, 0.6) is 5.75 Å². The van der Waals surface area contributed by atoms with Gasteiger partial charge < -0.3 is 14.6 Å². The minimum absolute atomic E-state index is 0.0824. The third-order valence-electron chi connectivity index (χ3n) is 3.71. The molecule has 9 nitrogen and oxygen atoms in total. The highest BCUT2D eigenvalue weighted by atomic mass is 32.2. The summed E-state index contributed by atoms with van der Waals surface area (Å²) in [5, 5.41) is 8.24. The predicted molar refractivity (Wildman–Crippen MR) is 112 cm³/mol. The standard InChI is InChI=1S/C19H25NO8S2/c1-19(2,3)28-17(23)11-30(25,26)20-14-7-6-13(18(24)29-10-16(21)22)8-15(14)27-9-12-4-5-12/h6-8,12,20H,4-5,9-11H2,1-3H3,(H,21,22). The highest BCUT2D eigenvalue weighted by Crippen LogP contribution is 2.33. The minimum atomic E-state index is -4.08. The van der Waals surface area contributed by atoms with Gasteiger partial charge in [0.1, 0.15) is 11.4 Å². The summed E-state index contributed by atoms with van der Waals surface area (Å²) >= 11 is 0.622. The number of hydrogen-bond acceptors (Lipinski definition) is 8. The van der Waals surface area contributed by atoms with Gasteiger partial charge in [-0.1, -0.05) is 11.8 Å². The zero-order chi connectivity index (χ0) is 22.5. The fraction of sp³-hybridized carbons (Fsp3) is 0.526. The van der Waals surface area contributed by atoms with E-state index in [-0.39, 0.29) is 22.8 Å². The van der Waals surface area contributed by atoms with E-state index >= 15 is 0 Å². The van der Waals surface area contributed by atoms with E-state index in [9.17, 15) is 22.8 Å². The average Bonchev–Trinajstić information content (AvgIpc) is 3.40. The molecule has 0 atom stereocenters. The lowest BCUT2D eigenvalue weighted by atomic mass is 10.2. The van der Waals surface area contributed by atoms with E-state index in [4.69, 9.17) is 14.6 Å². The fourth-order valence-electron chi connectivity index (χ4n) is 2.29. The zero-order valence-corrected chi connectivity index (χ0v) is 18.6. The summed E-state index contributed by atoms with van der Waals surface area (Å²) in [5.74, 6) is -2.77. The Balaban J connectivity index is 2.16. The Kier molecular flexibility index (Phi) is 7.75. The molecule has 1 aromatic rings. The SMILES string of the molecule is CC(C)(C)OC(=O)CS(=O)(=O)Nc1ccc(C(=O)SCC(=O)O)cc1OCC1CC1. The van der Waals surface area contributed by atoms with Crippen LogP contribution >= 0.6 is 11.8 Å². The number of hydrogen-bond donors (Lipinski definition) is 2. The highest BCUT2D eigenvalue weighted by molar-refractivity contribution is 8.14. The summed E-state index contributed by atoms with van der Waals surface area (Å²) in [6.07, 6.45) is 2.01. The summed E-state index contributed by atoms with van der Waals surface area (Å²) in [6, 6.07) is 4.08. The zero-order valence-electron chi connectivity index (χ0n) is 17.0. The maximum atomic E-state index is 12.4. The molecule has 1 aliphatic rings. The van der Waals surface area contributed by atoms with E-state index in [2.05, 4.69) is 4.72 Å². The van der Waals surface area contributed by atoms with Crippen LogP contribution in [0.25, 0.3) is 0 Å². The fourth-order valence-corrected chi connectivity index (χ4v) is 3.78. The minimum Gasteiger partial charge on any atom is -0.491 e. The molecule has 0 amide bonds. The van der Waals surface area contributed by atoms with Crippen molar-refractivity contribution < 1.29 is 37.4 Å². The maximum absolute atomic E-state index is 12.4. The molecule has 1 saturated carbocycles. The Labute approximate surface area is 179 Å². The van der Waals surface area contributed by atoms with E-state index in [0.717, 1.165) is 12.8 Å². The largest absolute Gasteiger partial charge is 0.491 e. The van der Waals surface area contributed by atoms with Gasteiger partial charge in [0.25, 0.3) is 0 Å². The number of carbonyl (C=O) groups is 3. The third-order valence-corrected chi connectivity index (χ3v) is 5.74. The lowest BCUT2D eigenvalue weighted by Gasteiger charge is -2.20. The van der Waals surface area contributed by atoms with Gasteiger partial charge in [0.2, 0.25) is 15.1 Å². The van der Waals surface area contributed by atoms with Crippen LogP contribution in [-0.2, 0) is 24.3 Å². The van der Waals surface area contributed by atoms with E-state index in [1.165, 1.54) is 18.2 Å². The number of sulfonamides is 1. The predicted octanol–water partition coefficient (Wildman–Crippen LogP) is 2.52. The van der Waals surface area contributed by atoms with Gasteiger partial charge in [-0.2, -0.15) is 0 Å². The van der Waals surface area contributed by atoms with E-state index in [1.54, 1.807) is 20.8 Å². The first kappa shape index (κ1) is 24.0. The Morgan fingerprint density at radius 2 is 1.90 bits per heavy atom. The molecule has 0 unspecified atom stereocenters. The highest BCUT2D eigenvalue weighted by Gasteiger charge is 2.26. The first-order chi connectivity index (χ1) is 13.8. The smallest absolute Gasteiger partial charge is 0.323 e. The number of ether oxygens (including phenoxy) is 2. The number of esters is 1. The summed E-state index contributed by atoms with van der Waals surface area (Å²) in [5.41, 5.74) is -0.554. The van der Waals surface area contributed by atoms with Crippen LogP contribution in [0.3, 0.4) is 0 Å². The van der Waals surface area contributed by atoms with Gasteiger partial charge >= 0.3 is 11.9 Å². The van der Waals surface area contributed by atoms with Crippen LogP contribution in [0, 0.1) is 5.92 Å². The second-order valence-electron chi connectivity index (χ2n) is 7.88. The molecular weight excluding hydrogens is 434 g/mol. The summed E-state index contributed by atoms with van der Waals surface area (Å²) in [4.78, 5) is 34.7. The molecule has 2 N–H and O–H groups in total. The first-order valence-electron chi connectivity index (χ1n) is 9.23. The molecule has 0 bridgehead atoms. The number of anilines is 1. The number of rotatable bonds is 10. The van der Waals surface area contributed by atoms with Gasteiger partial charge in [0.15, 0.2) is 5.75 Å². The Bertz CT molecular complexity index is 917. The molecule has 11 heteroatoms.